The molecule has 2 aromatic carbocycles. The first-order valence-electron chi connectivity index (χ1n) is 10.7. The van der Waals surface area contributed by atoms with Crippen molar-refractivity contribution >= 4 is 23.2 Å². The number of nitrogens with zero attached hydrogens (tertiary/aromatic N) is 3. The highest BCUT2D eigenvalue weighted by Crippen LogP contribution is 2.24. The van der Waals surface area contributed by atoms with Gasteiger partial charge in [-0.15, -0.1) is 0 Å². The van der Waals surface area contributed by atoms with Gasteiger partial charge < -0.3 is 15.1 Å². The maximum Gasteiger partial charge on any atom is 0.289 e. The van der Waals surface area contributed by atoms with Crippen LogP contribution in [0.1, 0.15) is 36.2 Å². The summed E-state index contributed by atoms with van der Waals surface area (Å²) < 4.78 is 0. The minimum Gasteiger partial charge on any atom is -0.342 e. The molecule has 0 atom stereocenters. The van der Waals surface area contributed by atoms with Gasteiger partial charge in [-0.25, -0.2) is 0 Å². The number of carbonyl (C=O) groups excluding carboxylic acids is 2. The van der Waals surface area contributed by atoms with Crippen molar-refractivity contribution < 1.29 is 9.59 Å². The van der Waals surface area contributed by atoms with Crippen LogP contribution in [-0.4, -0.2) is 59.2 Å². The van der Waals surface area contributed by atoms with Crippen LogP contribution in [0.4, 0.5) is 0 Å². The van der Waals surface area contributed by atoms with Gasteiger partial charge in [0.15, 0.2) is 5.84 Å². The zero-order valence-electron chi connectivity index (χ0n) is 18.0. The van der Waals surface area contributed by atoms with Crippen molar-refractivity contribution in [3.8, 4) is 0 Å². The van der Waals surface area contributed by atoms with Crippen LogP contribution in [0.15, 0.2) is 71.9 Å². The van der Waals surface area contributed by atoms with E-state index in [0.717, 1.165) is 17.6 Å². The molecule has 0 saturated carbocycles. The highest BCUT2D eigenvalue weighted by atomic mass is 16.2. The van der Waals surface area contributed by atoms with Gasteiger partial charge in [0.25, 0.3) is 11.8 Å². The molecular weight excluding hydrogens is 388 g/mol. The van der Waals surface area contributed by atoms with E-state index in [1.54, 1.807) is 0 Å². The summed E-state index contributed by atoms with van der Waals surface area (Å²) >= 11 is 0. The molecule has 1 saturated heterocycles. The number of benzene rings is 2. The summed E-state index contributed by atoms with van der Waals surface area (Å²) in [4.78, 5) is 34.4. The summed E-state index contributed by atoms with van der Waals surface area (Å²) in [5.74, 6) is 0.241. The fourth-order valence-electron chi connectivity index (χ4n) is 4.17. The Kier molecular flexibility index (Phi) is 5.89. The van der Waals surface area contributed by atoms with Crippen molar-refractivity contribution in [1.29, 1.82) is 0 Å². The van der Waals surface area contributed by atoms with Crippen molar-refractivity contribution in [3.05, 3.63) is 78.0 Å². The Bertz CT molecular complexity index is 1010. The third kappa shape index (κ3) is 4.53. The van der Waals surface area contributed by atoms with E-state index in [9.17, 15) is 9.59 Å². The number of aliphatic imine (C=N–C) groups is 1. The number of piperazine rings is 1. The van der Waals surface area contributed by atoms with E-state index in [1.165, 1.54) is 0 Å². The Labute approximate surface area is 183 Å². The molecule has 2 aliphatic heterocycles. The van der Waals surface area contributed by atoms with E-state index in [-0.39, 0.29) is 11.8 Å². The topological polar surface area (TPSA) is 65.0 Å². The lowest BCUT2D eigenvalue weighted by molar-refractivity contribution is -0.132. The van der Waals surface area contributed by atoms with E-state index < -0.39 is 5.54 Å². The number of nitrogens with one attached hydrogen (secondary N) is 1. The minimum atomic E-state index is -0.498. The molecule has 0 bridgehead atoms. The summed E-state index contributed by atoms with van der Waals surface area (Å²) in [5, 5.41) is 3.14. The first kappa shape index (κ1) is 20.8. The Hall–Kier alpha value is -3.41. The van der Waals surface area contributed by atoms with Gasteiger partial charge in [-0.3, -0.25) is 14.6 Å². The van der Waals surface area contributed by atoms with Gasteiger partial charge in [0.1, 0.15) is 0 Å². The van der Waals surface area contributed by atoms with Gasteiger partial charge in [-0.1, -0.05) is 48.5 Å². The highest BCUT2D eigenvalue weighted by molar-refractivity contribution is 6.38. The fraction of sp³-hybridized carbons (Fsp3) is 0.320. The number of rotatable bonds is 3. The van der Waals surface area contributed by atoms with Gasteiger partial charge in [-0.2, -0.15) is 0 Å². The third-order valence-corrected chi connectivity index (χ3v) is 5.84. The van der Waals surface area contributed by atoms with Crippen LogP contribution in [0, 0.1) is 0 Å². The number of hydrogen-bond acceptors (Lipinski definition) is 4. The van der Waals surface area contributed by atoms with Gasteiger partial charge >= 0.3 is 0 Å². The quantitative estimate of drug-likeness (QED) is 0.836. The van der Waals surface area contributed by atoms with E-state index >= 15 is 0 Å². The number of carbonyl (C=O) groups is 2. The summed E-state index contributed by atoms with van der Waals surface area (Å²) in [6.45, 7) is 6.00. The molecule has 0 spiro atoms. The Morgan fingerprint density at radius 3 is 2.29 bits per heavy atom. The predicted octanol–water partition coefficient (Wildman–Crippen LogP) is 3.18. The second-order valence-electron chi connectivity index (χ2n) is 8.52. The fourth-order valence-corrected chi connectivity index (χ4v) is 4.17. The molecule has 6 nitrogen and oxygen atoms in total. The van der Waals surface area contributed by atoms with Crippen LogP contribution >= 0.6 is 0 Å². The zero-order chi connectivity index (χ0) is 21.8. The molecule has 0 radical (unpaired) electrons. The molecule has 1 fully saturated rings. The van der Waals surface area contributed by atoms with Gasteiger partial charge in [0, 0.05) is 37.9 Å². The average Bonchev–Trinajstić information content (AvgIpc) is 3.05. The molecule has 2 amide bonds. The zero-order valence-corrected chi connectivity index (χ0v) is 18.0. The van der Waals surface area contributed by atoms with Crippen LogP contribution in [-0.2, 0) is 4.79 Å². The second kappa shape index (κ2) is 8.76. The van der Waals surface area contributed by atoms with Crippen LogP contribution in [0.3, 0.4) is 0 Å². The van der Waals surface area contributed by atoms with Crippen LogP contribution in [0.25, 0.3) is 5.57 Å². The lowest BCUT2D eigenvalue weighted by atomic mass is 9.97. The van der Waals surface area contributed by atoms with Crippen molar-refractivity contribution in [2.24, 2.45) is 4.99 Å². The molecule has 0 aliphatic carbocycles. The molecule has 4 rings (SSSR count). The summed E-state index contributed by atoms with van der Waals surface area (Å²) in [7, 11) is 0. The molecule has 31 heavy (non-hydrogen) atoms. The third-order valence-electron chi connectivity index (χ3n) is 5.84. The Balaban J connectivity index is 1.45. The predicted molar refractivity (Wildman–Crippen MR) is 123 cm³/mol. The molecule has 0 unspecified atom stereocenters. The molecule has 0 aromatic heterocycles. The van der Waals surface area contributed by atoms with Crippen LogP contribution in [0.5, 0.6) is 0 Å². The van der Waals surface area contributed by atoms with E-state index in [0.29, 0.717) is 37.6 Å². The maximum absolute atomic E-state index is 13.3. The smallest absolute Gasteiger partial charge is 0.289 e. The van der Waals surface area contributed by atoms with Gasteiger partial charge in [-0.05, 0) is 43.5 Å². The molecule has 2 heterocycles. The van der Waals surface area contributed by atoms with Crippen molar-refractivity contribution in [1.82, 2.24) is 15.1 Å². The first-order chi connectivity index (χ1) is 15.0. The molecule has 160 valence electrons. The average molecular weight is 417 g/mol. The van der Waals surface area contributed by atoms with E-state index in [2.05, 4.69) is 22.4 Å². The van der Waals surface area contributed by atoms with Gasteiger partial charge in [0.2, 0.25) is 0 Å². The van der Waals surface area contributed by atoms with Crippen LogP contribution in [0.2, 0.25) is 0 Å². The van der Waals surface area contributed by atoms with E-state index in [1.807, 2.05) is 78.4 Å². The monoisotopic (exact) mass is 416 g/mol. The minimum absolute atomic E-state index is 0.00106. The summed E-state index contributed by atoms with van der Waals surface area (Å²) in [5.41, 5.74) is 2.44. The second-order valence-corrected chi connectivity index (χ2v) is 8.52. The molecule has 1 N–H and O–H groups in total. The number of hydrogen-bond donors (Lipinski definition) is 1. The lowest BCUT2D eigenvalue weighted by Gasteiger charge is -2.47. The number of amidine groups is 1. The molecular formula is C25H28N4O2. The summed E-state index contributed by atoms with van der Waals surface area (Å²) in [6, 6.07) is 19.4. The standard InChI is InChI=1S/C25H28N4O2/c1-25(2)18-28(23(30)20-11-7-4-8-12-20)15-16-29(25)24(31)22-26-14-13-21(17-27-22)19-9-5-3-6-10-19/h3-12,17H,13-16,18H2,1-2H3,(H,26,27). The Morgan fingerprint density at radius 2 is 1.61 bits per heavy atom. The SMILES string of the molecule is CC1(C)CN(C(=O)c2ccccc2)CCN1C(=O)C1=NCCC(c2ccccc2)=CN1. The highest BCUT2D eigenvalue weighted by Gasteiger charge is 2.40. The largest absolute Gasteiger partial charge is 0.342 e. The molecule has 2 aliphatic rings. The van der Waals surface area contributed by atoms with Crippen molar-refractivity contribution in [2.45, 2.75) is 25.8 Å². The normalized spacial score (nSPS) is 18.4. The van der Waals surface area contributed by atoms with Crippen molar-refractivity contribution in [2.75, 3.05) is 26.2 Å². The first-order valence-corrected chi connectivity index (χ1v) is 10.7. The van der Waals surface area contributed by atoms with E-state index in [4.69, 9.17) is 0 Å². The van der Waals surface area contributed by atoms with Crippen LogP contribution < -0.4 is 5.32 Å². The van der Waals surface area contributed by atoms with Crippen molar-refractivity contribution in [3.63, 3.8) is 0 Å². The summed E-state index contributed by atoms with van der Waals surface area (Å²) in [6.07, 6.45) is 2.66. The lowest BCUT2D eigenvalue weighted by Crippen LogP contribution is -2.63. The maximum atomic E-state index is 13.3. The molecule has 2 aromatic rings. The Morgan fingerprint density at radius 1 is 0.935 bits per heavy atom. The van der Waals surface area contributed by atoms with Gasteiger partial charge in [0.05, 0.1) is 5.54 Å². The number of amides is 2. The molecule has 6 heteroatoms.